The number of amides is 1. The van der Waals surface area contributed by atoms with Gasteiger partial charge in [-0.15, -0.1) is 0 Å². The maximum Gasteiger partial charge on any atom is 0.295 e. The van der Waals surface area contributed by atoms with Crippen molar-refractivity contribution >= 4 is 11.6 Å². The van der Waals surface area contributed by atoms with Crippen LogP contribution < -0.4 is 10.9 Å². The molecule has 0 fully saturated rings. The molecular weight excluding hydrogens is 438 g/mol. The monoisotopic (exact) mass is 463 g/mol. The number of aromatic nitrogens is 4. The van der Waals surface area contributed by atoms with Gasteiger partial charge >= 0.3 is 0 Å². The van der Waals surface area contributed by atoms with Crippen molar-refractivity contribution in [3.05, 3.63) is 124 Å². The topological polar surface area (TPSA) is 73.8 Å². The molecule has 35 heavy (non-hydrogen) atoms. The Kier molecular flexibility index (Phi) is 5.89. The van der Waals surface area contributed by atoms with E-state index in [1.54, 1.807) is 28.7 Å². The Morgan fingerprint density at radius 1 is 0.914 bits per heavy atom. The van der Waals surface area contributed by atoms with Gasteiger partial charge in [0.25, 0.3) is 11.5 Å². The minimum atomic E-state index is -0.327. The Hall–Kier alpha value is -4.65. The first-order valence-electron chi connectivity index (χ1n) is 11.3. The number of anilines is 1. The van der Waals surface area contributed by atoms with Gasteiger partial charge in [0.1, 0.15) is 5.69 Å². The van der Waals surface area contributed by atoms with Crippen LogP contribution in [0.3, 0.4) is 0 Å². The van der Waals surface area contributed by atoms with E-state index in [9.17, 15) is 9.59 Å². The van der Waals surface area contributed by atoms with E-state index in [0.717, 1.165) is 22.4 Å². The van der Waals surface area contributed by atoms with Crippen LogP contribution in [-0.4, -0.2) is 25.1 Å². The number of nitrogens with zero attached hydrogens (tertiary/aromatic N) is 4. The van der Waals surface area contributed by atoms with Gasteiger partial charge in [0, 0.05) is 25.0 Å². The molecule has 7 nitrogen and oxygen atoms in total. The van der Waals surface area contributed by atoms with Gasteiger partial charge in [-0.05, 0) is 47.9 Å². The summed E-state index contributed by atoms with van der Waals surface area (Å²) >= 11 is 0. The van der Waals surface area contributed by atoms with Gasteiger partial charge in [-0.2, -0.15) is 5.10 Å². The van der Waals surface area contributed by atoms with E-state index in [1.165, 1.54) is 0 Å². The lowest BCUT2D eigenvalue weighted by molar-refractivity contribution is 0.102. The average Bonchev–Trinajstić information content (AvgIpc) is 3.47. The number of para-hydroxylation sites is 1. The van der Waals surface area contributed by atoms with E-state index < -0.39 is 0 Å². The van der Waals surface area contributed by atoms with Gasteiger partial charge in [0.05, 0.1) is 17.9 Å². The second-order valence-electron chi connectivity index (χ2n) is 8.34. The highest BCUT2D eigenvalue weighted by Crippen LogP contribution is 2.25. The van der Waals surface area contributed by atoms with Crippen molar-refractivity contribution < 1.29 is 4.79 Å². The fraction of sp³-hybridized carbons (Fsp3) is 0.107. The third-order valence-electron chi connectivity index (χ3n) is 6.13. The molecule has 0 aliphatic rings. The molecule has 0 atom stereocenters. The fourth-order valence-corrected chi connectivity index (χ4v) is 4.20. The van der Waals surface area contributed by atoms with E-state index in [2.05, 4.69) is 10.4 Å². The minimum Gasteiger partial charge on any atom is -0.316 e. The van der Waals surface area contributed by atoms with Crippen molar-refractivity contribution in [2.75, 3.05) is 5.32 Å². The molecule has 1 N–H and O–H groups in total. The van der Waals surface area contributed by atoms with Gasteiger partial charge in [0.2, 0.25) is 0 Å². The third-order valence-corrected chi connectivity index (χ3v) is 6.13. The zero-order valence-electron chi connectivity index (χ0n) is 19.6. The molecule has 7 heteroatoms. The molecule has 0 aliphatic heterocycles. The summed E-state index contributed by atoms with van der Waals surface area (Å²) in [6, 6.07) is 26.7. The van der Waals surface area contributed by atoms with E-state index in [-0.39, 0.29) is 17.2 Å². The lowest BCUT2D eigenvalue weighted by atomic mass is 9.98. The molecule has 5 rings (SSSR count). The van der Waals surface area contributed by atoms with Crippen molar-refractivity contribution in [2.24, 2.45) is 7.05 Å². The average molecular weight is 464 g/mol. The number of carbonyl (C=O) groups excluding carboxylic acids is 1. The maximum absolute atomic E-state index is 13.4. The fourth-order valence-electron chi connectivity index (χ4n) is 4.20. The Bertz CT molecular complexity index is 1530. The summed E-state index contributed by atoms with van der Waals surface area (Å²) in [4.78, 5) is 26.6. The van der Waals surface area contributed by atoms with Crippen molar-refractivity contribution in [1.82, 2.24) is 19.1 Å². The van der Waals surface area contributed by atoms with Gasteiger partial charge in [0.15, 0.2) is 0 Å². The quantitative estimate of drug-likeness (QED) is 0.398. The van der Waals surface area contributed by atoms with Crippen LogP contribution in [0.25, 0.3) is 16.8 Å². The molecule has 2 heterocycles. The Morgan fingerprint density at radius 2 is 1.63 bits per heavy atom. The van der Waals surface area contributed by atoms with Gasteiger partial charge < -0.3 is 5.32 Å². The van der Waals surface area contributed by atoms with Crippen LogP contribution in [0.4, 0.5) is 5.69 Å². The molecular formula is C28H25N5O2. The zero-order valence-corrected chi connectivity index (χ0v) is 19.6. The molecule has 0 spiro atoms. The Morgan fingerprint density at radius 3 is 2.34 bits per heavy atom. The highest BCUT2D eigenvalue weighted by Gasteiger charge is 2.20. The van der Waals surface area contributed by atoms with E-state index in [1.807, 2.05) is 96.7 Å². The summed E-state index contributed by atoms with van der Waals surface area (Å²) in [6.45, 7) is 2.50. The molecule has 174 valence electrons. The predicted octanol–water partition coefficient (Wildman–Crippen LogP) is 4.65. The summed E-state index contributed by atoms with van der Waals surface area (Å²) in [5.74, 6) is -0.327. The number of hydrogen-bond acceptors (Lipinski definition) is 3. The summed E-state index contributed by atoms with van der Waals surface area (Å²) in [5, 5.41) is 7.12. The van der Waals surface area contributed by atoms with Crippen LogP contribution in [-0.2, 0) is 13.6 Å². The Balaban J connectivity index is 1.44. The number of benzene rings is 3. The zero-order chi connectivity index (χ0) is 24.4. The lowest BCUT2D eigenvalue weighted by Crippen LogP contribution is -2.23. The number of nitrogens with one attached hydrogen (secondary N) is 1. The molecule has 2 aromatic heterocycles. The number of rotatable bonds is 6. The second kappa shape index (κ2) is 9.30. The standard InChI is InChI=1S/C28H25N5O2/c1-20-26(28(35)33(31(20)2)23-9-4-3-5-10-23)30-27(34)25-12-7-6-11-24(25)22-15-13-21(14-16-22)19-32-18-8-17-29-32/h3-18H,19H2,1-2H3,(H,30,34). The maximum atomic E-state index is 13.4. The number of carbonyl (C=O) groups is 1. The summed E-state index contributed by atoms with van der Waals surface area (Å²) in [6.07, 6.45) is 3.68. The smallest absolute Gasteiger partial charge is 0.295 e. The highest BCUT2D eigenvalue weighted by atomic mass is 16.2. The second-order valence-corrected chi connectivity index (χ2v) is 8.34. The first-order chi connectivity index (χ1) is 17.0. The molecule has 0 radical (unpaired) electrons. The molecule has 5 aromatic rings. The van der Waals surface area contributed by atoms with Crippen molar-refractivity contribution in [2.45, 2.75) is 13.5 Å². The summed E-state index contributed by atoms with van der Waals surface area (Å²) < 4.78 is 5.16. The summed E-state index contributed by atoms with van der Waals surface area (Å²) in [7, 11) is 1.80. The van der Waals surface area contributed by atoms with Crippen LogP contribution in [0.2, 0.25) is 0 Å². The van der Waals surface area contributed by atoms with Gasteiger partial charge in [-0.3, -0.25) is 19.0 Å². The molecule has 3 aromatic carbocycles. The first kappa shape index (κ1) is 22.2. The van der Waals surface area contributed by atoms with E-state index >= 15 is 0 Å². The third kappa shape index (κ3) is 4.31. The molecule has 0 saturated heterocycles. The molecule has 0 saturated carbocycles. The van der Waals surface area contributed by atoms with Crippen molar-refractivity contribution in [1.29, 1.82) is 0 Å². The molecule has 1 amide bonds. The van der Waals surface area contributed by atoms with Gasteiger partial charge in [-0.25, -0.2) is 4.68 Å². The molecule has 0 bridgehead atoms. The van der Waals surface area contributed by atoms with Crippen LogP contribution >= 0.6 is 0 Å². The van der Waals surface area contributed by atoms with Gasteiger partial charge in [-0.1, -0.05) is 60.7 Å². The molecule has 0 unspecified atom stereocenters. The van der Waals surface area contributed by atoms with Crippen LogP contribution in [0, 0.1) is 6.92 Å². The van der Waals surface area contributed by atoms with E-state index in [0.29, 0.717) is 17.8 Å². The lowest BCUT2D eigenvalue weighted by Gasteiger charge is -2.11. The van der Waals surface area contributed by atoms with E-state index in [4.69, 9.17) is 0 Å². The van der Waals surface area contributed by atoms with Crippen molar-refractivity contribution in [3.8, 4) is 16.8 Å². The largest absolute Gasteiger partial charge is 0.316 e. The van der Waals surface area contributed by atoms with Crippen molar-refractivity contribution in [3.63, 3.8) is 0 Å². The normalized spacial score (nSPS) is 10.9. The Labute approximate surface area is 202 Å². The van der Waals surface area contributed by atoms with Crippen LogP contribution in [0.5, 0.6) is 0 Å². The molecule has 0 aliphatic carbocycles. The predicted molar refractivity (Wildman–Crippen MR) is 137 cm³/mol. The minimum absolute atomic E-state index is 0.269. The number of hydrogen-bond donors (Lipinski definition) is 1. The first-order valence-corrected chi connectivity index (χ1v) is 11.3. The van der Waals surface area contributed by atoms with Crippen LogP contribution in [0.1, 0.15) is 21.6 Å². The SMILES string of the molecule is Cc1c(NC(=O)c2ccccc2-c2ccc(Cn3cccn3)cc2)c(=O)n(-c2ccccc2)n1C. The summed E-state index contributed by atoms with van der Waals surface area (Å²) in [5.41, 5.74) is 4.74. The highest BCUT2D eigenvalue weighted by molar-refractivity contribution is 6.08. The van der Waals surface area contributed by atoms with Crippen LogP contribution in [0.15, 0.2) is 102 Å².